The molecule has 1 rings (SSSR count). The highest BCUT2D eigenvalue weighted by Crippen LogP contribution is 1.94. The van der Waals surface area contributed by atoms with Gasteiger partial charge in [-0.3, -0.25) is 0 Å². The molecule has 0 fully saturated rings. The average molecular weight is 115 g/mol. The Morgan fingerprint density at radius 1 is 1.62 bits per heavy atom. The van der Waals surface area contributed by atoms with Crippen molar-refractivity contribution in [3.63, 3.8) is 0 Å². The fourth-order valence-corrected chi connectivity index (χ4v) is 0.358. The first-order valence-electron chi connectivity index (χ1n) is 2.14. The van der Waals surface area contributed by atoms with Crippen LogP contribution in [0.1, 0.15) is 6.92 Å². The average Bonchev–Trinajstić information content (AvgIpc) is 1.64. The first-order valence-corrected chi connectivity index (χ1v) is 2.14. The molecule has 0 atom stereocenters. The first-order chi connectivity index (χ1) is 3.79. The predicted octanol–water partition coefficient (Wildman–Crippen LogP) is 0.529. The van der Waals surface area contributed by atoms with Gasteiger partial charge >= 0.3 is 6.09 Å². The van der Waals surface area contributed by atoms with E-state index in [1.807, 2.05) is 0 Å². The molecule has 0 unspecified atom stereocenters. The van der Waals surface area contributed by atoms with Gasteiger partial charge in [-0.05, 0) is 0 Å². The van der Waals surface area contributed by atoms with Gasteiger partial charge in [-0.25, -0.2) is 4.79 Å². The number of ether oxygens (including phenoxy) is 2. The maximum Gasteiger partial charge on any atom is 0.439 e. The molecule has 1 aliphatic rings. The highest BCUT2D eigenvalue weighted by atomic mass is 16.7. The van der Waals surface area contributed by atoms with Gasteiger partial charge in [0.1, 0.15) is 0 Å². The van der Waals surface area contributed by atoms with E-state index in [4.69, 9.17) is 0 Å². The van der Waals surface area contributed by atoms with Crippen LogP contribution in [0.3, 0.4) is 0 Å². The molecule has 0 saturated heterocycles. The van der Waals surface area contributed by atoms with E-state index in [2.05, 4.69) is 14.5 Å². The lowest BCUT2D eigenvalue weighted by Gasteiger charge is -2.08. The molecule has 0 N–H and O–H groups in total. The molecule has 1 amide bonds. The first kappa shape index (κ1) is 5.08. The number of hydrogen-bond donors (Lipinski definition) is 0. The van der Waals surface area contributed by atoms with Crippen molar-refractivity contribution in [2.75, 3.05) is 6.79 Å². The monoisotopic (exact) mass is 115 g/mol. The second-order valence-corrected chi connectivity index (χ2v) is 1.30. The molecule has 0 aromatic rings. The third-order valence-electron chi connectivity index (χ3n) is 0.699. The summed E-state index contributed by atoms with van der Waals surface area (Å²) < 4.78 is 8.95. The fourth-order valence-electron chi connectivity index (χ4n) is 0.358. The smallest absolute Gasteiger partial charge is 0.439 e. The van der Waals surface area contributed by atoms with Crippen LogP contribution in [0.5, 0.6) is 0 Å². The van der Waals surface area contributed by atoms with E-state index < -0.39 is 6.09 Å². The van der Waals surface area contributed by atoms with E-state index in [-0.39, 0.29) is 6.79 Å². The summed E-state index contributed by atoms with van der Waals surface area (Å²) in [6, 6.07) is 0. The van der Waals surface area contributed by atoms with E-state index in [9.17, 15) is 4.79 Å². The summed E-state index contributed by atoms with van der Waals surface area (Å²) in [5.41, 5.74) is 0. The van der Waals surface area contributed by atoms with E-state index >= 15 is 0 Å². The van der Waals surface area contributed by atoms with Crippen LogP contribution >= 0.6 is 0 Å². The Morgan fingerprint density at radius 2 is 2.38 bits per heavy atom. The van der Waals surface area contributed by atoms with Gasteiger partial charge in [0, 0.05) is 6.92 Å². The summed E-state index contributed by atoms with van der Waals surface area (Å²) in [7, 11) is 0. The molecule has 0 aromatic heterocycles. The molecule has 1 heterocycles. The van der Waals surface area contributed by atoms with Crippen LogP contribution < -0.4 is 0 Å². The molecule has 0 spiro atoms. The number of hydrogen-bond acceptors (Lipinski definition) is 3. The van der Waals surface area contributed by atoms with Gasteiger partial charge in [0.15, 0.2) is 5.90 Å². The molecule has 0 aromatic carbocycles. The third-order valence-corrected chi connectivity index (χ3v) is 0.699. The maximum absolute atomic E-state index is 10.2. The van der Waals surface area contributed by atoms with Gasteiger partial charge in [0.05, 0.1) is 0 Å². The Morgan fingerprint density at radius 3 is 2.75 bits per heavy atom. The quantitative estimate of drug-likeness (QED) is 0.462. The third kappa shape index (κ3) is 0.959. The van der Waals surface area contributed by atoms with Gasteiger partial charge < -0.3 is 9.47 Å². The van der Waals surface area contributed by atoms with Gasteiger partial charge in [0.25, 0.3) is 0 Å². The second kappa shape index (κ2) is 1.81. The van der Waals surface area contributed by atoms with Gasteiger partial charge in [-0.15, -0.1) is 4.99 Å². The standard InChI is InChI=1S/C4H5NO3/c1-3-5-4(6)8-2-7-3/h2H2,1H3. The molecule has 4 heteroatoms. The van der Waals surface area contributed by atoms with Crippen molar-refractivity contribution < 1.29 is 14.3 Å². The molecule has 0 radical (unpaired) electrons. The van der Waals surface area contributed by atoms with Crippen LogP contribution in [0, 0.1) is 0 Å². The summed E-state index contributed by atoms with van der Waals surface area (Å²) >= 11 is 0. The molecule has 8 heavy (non-hydrogen) atoms. The van der Waals surface area contributed by atoms with Crippen LogP contribution in [-0.4, -0.2) is 18.8 Å². The number of cyclic esters (lactones) is 1. The summed E-state index contributed by atoms with van der Waals surface area (Å²) in [6.45, 7) is 1.59. The number of aliphatic imine (C=N–C) groups is 1. The minimum absolute atomic E-state index is 0.00579. The number of rotatable bonds is 0. The van der Waals surface area contributed by atoms with Crippen LogP contribution in [0.2, 0.25) is 0 Å². The minimum Gasteiger partial charge on any atom is -0.444 e. The van der Waals surface area contributed by atoms with Crippen molar-refractivity contribution in [3.8, 4) is 0 Å². The van der Waals surface area contributed by atoms with Crippen molar-refractivity contribution in [1.29, 1.82) is 0 Å². The molecular weight excluding hydrogens is 110 g/mol. The van der Waals surface area contributed by atoms with Crippen molar-refractivity contribution in [1.82, 2.24) is 0 Å². The lowest BCUT2D eigenvalue weighted by atomic mass is 10.7. The van der Waals surface area contributed by atoms with Gasteiger partial charge in [-0.1, -0.05) is 0 Å². The number of nitrogens with zero attached hydrogens (tertiary/aromatic N) is 1. The summed E-state index contributed by atoms with van der Waals surface area (Å²) in [6.07, 6.45) is -0.575. The second-order valence-electron chi connectivity index (χ2n) is 1.30. The Bertz CT molecular complexity index is 140. The molecule has 44 valence electrons. The normalized spacial score (nSPS) is 18.6. The minimum atomic E-state index is -0.575. The number of carbonyl (C=O) groups is 1. The topological polar surface area (TPSA) is 47.9 Å². The Kier molecular flexibility index (Phi) is 1.15. The lowest BCUT2D eigenvalue weighted by Crippen LogP contribution is -2.15. The number of carbonyl (C=O) groups excluding carboxylic acids is 1. The highest BCUT2D eigenvalue weighted by molar-refractivity contribution is 5.87. The maximum atomic E-state index is 10.2. The van der Waals surface area contributed by atoms with E-state index in [1.165, 1.54) is 0 Å². The SMILES string of the molecule is CC1=NC(=O)OCO1. The Balaban J connectivity index is 2.64. The van der Waals surface area contributed by atoms with Crippen molar-refractivity contribution in [3.05, 3.63) is 0 Å². The van der Waals surface area contributed by atoms with E-state index in [0.29, 0.717) is 5.90 Å². The van der Waals surface area contributed by atoms with Crippen molar-refractivity contribution >= 4 is 12.0 Å². The lowest BCUT2D eigenvalue weighted by molar-refractivity contribution is 0.0450. The zero-order valence-corrected chi connectivity index (χ0v) is 4.38. The van der Waals surface area contributed by atoms with Crippen LogP contribution in [0.4, 0.5) is 4.79 Å². The molecule has 0 bridgehead atoms. The molecule has 4 nitrogen and oxygen atoms in total. The summed E-state index contributed by atoms with van der Waals surface area (Å²) in [5.74, 6) is 0.362. The molecule has 1 aliphatic heterocycles. The molecule has 0 saturated carbocycles. The largest absolute Gasteiger partial charge is 0.444 e. The fraction of sp³-hybridized carbons (Fsp3) is 0.500. The van der Waals surface area contributed by atoms with E-state index in [1.54, 1.807) is 6.92 Å². The number of amides is 1. The molecular formula is C4H5NO3. The predicted molar refractivity (Wildman–Crippen MR) is 25.5 cm³/mol. The molecule has 0 aliphatic carbocycles. The van der Waals surface area contributed by atoms with Crippen molar-refractivity contribution in [2.45, 2.75) is 6.92 Å². The summed E-state index contributed by atoms with van der Waals surface area (Å²) in [5, 5.41) is 0. The Labute approximate surface area is 46.1 Å². The van der Waals surface area contributed by atoms with Gasteiger partial charge in [-0.2, -0.15) is 0 Å². The summed E-state index contributed by atoms with van der Waals surface area (Å²) in [4.78, 5) is 13.5. The highest BCUT2D eigenvalue weighted by Gasteiger charge is 2.07. The zero-order chi connectivity index (χ0) is 5.98. The van der Waals surface area contributed by atoms with Gasteiger partial charge in [0.2, 0.25) is 6.79 Å². The van der Waals surface area contributed by atoms with Crippen LogP contribution in [-0.2, 0) is 9.47 Å². The van der Waals surface area contributed by atoms with Crippen LogP contribution in [0.25, 0.3) is 0 Å². The Hall–Kier alpha value is -1.06. The van der Waals surface area contributed by atoms with Crippen molar-refractivity contribution in [2.24, 2.45) is 4.99 Å². The zero-order valence-electron chi connectivity index (χ0n) is 4.38. The van der Waals surface area contributed by atoms with Crippen LogP contribution in [0.15, 0.2) is 4.99 Å². The van der Waals surface area contributed by atoms with E-state index in [0.717, 1.165) is 0 Å².